The molecule has 3 aromatic rings. The summed E-state index contributed by atoms with van der Waals surface area (Å²) in [5.74, 6) is 0.312. The maximum Gasteiger partial charge on any atom is 0.253 e. The van der Waals surface area contributed by atoms with Crippen molar-refractivity contribution in [1.82, 2.24) is 14.9 Å². The van der Waals surface area contributed by atoms with Crippen LogP contribution in [0.5, 0.6) is 0 Å². The molecule has 1 saturated heterocycles. The first-order valence-corrected chi connectivity index (χ1v) is 10.1. The van der Waals surface area contributed by atoms with E-state index >= 15 is 0 Å². The van der Waals surface area contributed by atoms with Crippen molar-refractivity contribution in [3.8, 4) is 0 Å². The number of rotatable bonds is 3. The van der Waals surface area contributed by atoms with Crippen molar-refractivity contribution < 1.29 is 9.59 Å². The molecule has 2 aromatic heterocycles. The van der Waals surface area contributed by atoms with E-state index in [-0.39, 0.29) is 17.7 Å². The summed E-state index contributed by atoms with van der Waals surface area (Å²) in [6.45, 7) is 5.22. The number of aromatic nitrogens is 2. The molecule has 1 aliphatic heterocycles. The van der Waals surface area contributed by atoms with E-state index in [2.05, 4.69) is 22.2 Å². The molecular formula is C22H23ClN4O2. The normalized spacial score (nSPS) is 14.9. The Morgan fingerprint density at radius 3 is 2.62 bits per heavy atom. The number of nitrogens with one attached hydrogen (secondary N) is 2. The molecule has 1 fully saturated rings. The molecule has 4 rings (SSSR count). The van der Waals surface area contributed by atoms with Crippen molar-refractivity contribution in [2.24, 2.45) is 5.92 Å². The zero-order valence-electron chi connectivity index (χ0n) is 16.5. The molecule has 7 heteroatoms. The molecule has 3 heterocycles. The largest absolute Gasteiger partial charge is 0.358 e. The van der Waals surface area contributed by atoms with Gasteiger partial charge in [0.1, 0.15) is 5.82 Å². The van der Waals surface area contributed by atoms with Gasteiger partial charge in [-0.1, -0.05) is 11.6 Å². The first-order valence-electron chi connectivity index (χ1n) is 9.73. The summed E-state index contributed by atoms with van der Waals surface area (Å²) in [5.41, 5.74) is 4.02. The van der Waals surface area contributed by atoms with Crippen molar-refractivity contribution in [2.75, 3.05) is 18.4 Å². The standard InChI is InChI=1S/C22H23ClN4O2/c1-13-14(2)25-19-5-3-16(11-18(13)19)22(29)27-9-7-15(8-10-27)21(28)26-20-6-4-17(23)12-24-20/h3-6,11-12,15,25H,7-10H2,1-2H3,(H,24,26,28). The van der Waals surface area contributed by atoms with Crippen LogP contribution in [-0.2, 0) is 4.79 Å². The van der Waals surface area contributed by atoms with Crippen LogP contribution in [0.1, 0.15) is 34.5 Å². The summed E-state index contributed by atoms with van der Waals surface area (Å²) < 4.78 is 0. The molecule has 150 valence electrons. The summed E-state index contributed by atoms with van der Waals surface area (Å²) in [4.78, 5) is 34.7. The Bertz CT molecular complexity index is 1070. The van der Waals surface area contributed by atoms with Crippen LogP contribution in [0.3, 0.4) is 0 Å². The van der Waals surface area contributed by atoms with Gasteiger partial charge in [0.25, 0.3) is 5.91 Å². The molecule has 29 heavy (non-hydrogen) atoms. The van der Waals surface area contributed by atoms with Gasteiger partial charge in [-0.2, -0.15) is 0 Å². The topological polar surface area (TPSA) is 78.1 Å². The maximum absolute atomic E-state index is 13.0. The number of carbonyl (C=O) groups is 2. The third-order valence-corrected chi connectivity index (χ3v) is 5.91. The minimum atomic E-state index is -0.131. The number of H-pyrrole nitrogens is 1. The summed E-state index contributed by atoms with van der Waals surface area (Å²) in [6.07, 6.45) is 2.77. The summed E-state index contributed by atoms with van der Waals surface area (Å²) in [7, 11) is 0. The van der Waals surface area contributed by atoms with E-state index in [4.69, 9.17) is 11.6 Å². The van der Waals surface area contributed by atoms with E-state index in [9.17, 15) is 9.59 Å². The number of hydrogen-bond donors (Lipinski definition) is 2. The summed E-state index contributed by atoms with van der Waals surface area (Å²) in [5, 5.41) is 4.44. The van der Waals surface area contributed by atoms with E-state index in [0.29, 0.717) is 42.3 Å². The highest BCUT2D eigenvalue weighted by molar-refractivity contribution is 6.30. The van der Waals surface area contributed by atoms with Gasteiger partial charge in [-0.3, -0.25) is 9.59 Å². The van der Waals surface area contributed by atoms with Crippen molar-refractivity contribution in [3.63, 3.8) is 0 Å². The zero-order valence-corrected chi connectivity index (χ0v) is 17.2. The average Bonchev–Trinajstić information content (AvgIpc) is 3.02. The highest BCUT2D eigenvalue weighted by Crippen LogP contribution is 2.25. The van der Waals surface area contributed by atoms with Crippen LogP contribution >= 0.6 is 11.6 Å². The minimum absolute atomic E-state index is 0.0170. The summed E-state index contributed by atoms with van der Waals surface area (Å²) >= 11 is 5.82. The third kappa shape index (κ3) is 3.98. The fourth-order valence-electron chi connectivity index (χ4n) is 3.80. The number of aryl methyl sites for hydroxylation is 2. The second-order valence-corrected chi connectivity index (χ2v) is 7.99. The van der Waals surface area contributed by atoms with E-state index in [1.54, 1.807) is 12.1 Å². The van der Waals surface area contributed by atoms with Crippen molar-refractivity contribution >= 4 is 40.1 Å². The Morgan fingerprint density at radius 2 is 1.93 bits per heavy atom. The Balaban J connectivity index is 1.38. The fraction of sp³-hybridized carbons (Fsp3) is 0.318. The average molecular weight is 411 g/mol. The van der Waals surface area contributed by atoms with E-state index in [1.165, 1.54) is 11.8 Å². The lowest BCUT2D eigenvalue weighted by Gasteiger charge is -2.31. The van der Waals surface area contributed by atoms with Crippen LogP contribution in [0.15, 0.2) is 36.5 Å². The fourth-order valence-corrected chi connectivity index (χ4v) is 3.91. The number of fused-ring (bicyclic) bond motifs is 1. The molecule has 0 radical (unpaired) electrons. The highest BCUT2D eigenvalue weighted by atomic mass is 35.5. The number of halogens is 1. The first kappa shape index (κ1) is 19.5. The third-order valence-electron chi connectivity index (χ3n) is 5.69. The van der Waals surface area contributed by atoms with Crippen LogP contribution in [-0.4, -0.2) is 39.8 Å². The Kier molecular flexibility index (Phi) is 5.28. The van der Waals surface area contributed by atoms with Crippen molar-refractivity contribution in [1.29, 1.82) is 0 Å². The maximum atomic E-state index is 13.0. The molecule has 1 aromatic carbocycles. The zero-order chi connectivity index (χ0) is 20.5. The van der Waals surface area contributed by atoms with Crippen molar-refractivity contribution in [3.05, 3.63) is 58.4 Å². The molecule has 2 amide bonds. The highest BCUT2D eigenvalue weighted by Gasteiger charge is 2.28. The molecule has 0 spiro atoms. The molecule has 0 aliphatic carbocycles. The number of aromatic amines is 1. The SMILES string of the molecule is Cc1[nH]c2ccc(C(=O)N3CCC(C(=O)Nc4ccc(Cl)cn4)CC3)cc2c1C. The second-order valence-electron chi connectivity index (χ2n) is 7.55. The summed E-state index contributed by atoms with van der Waals surface area (Å²) in [6, 6.07) is 9.16. The predicted octanol–water partition coefficient (Wildman–Crippen LogP) is 4.32. The number of carbonyl (C=O) groups excluding carboxylic acids is 2. The van der Waals surface area contributed by atoms with Gasteiger partial charge in [0.2, 0.25) is 5.91 Å². The Morgan fingerprint density at radius 1 is 1.17 bits per heavy atom. The smallest absolute Gasteiger partial charge is 0.253 e. The number of benzene rings is 1. The lowest BCUT2D eigenvalue weighted by Crippen LogP contribution is -2.41. The molecule has 2 N–H and O–H groups in total. The molecule has 0 saturated carbocycles. The number of likely N-dealkylation sites (tertiary alicyclic amines) is 1. The quantitative estimate of drug-likeness (QED) is 0.674. The van der Waals surface area contributed by atoms with E-state index < -0.39 is 0 Å². The van der Waals surface area contributed by atoms with Gasteiger partial charge in [-0.15, -0.1) is 0 Å². The molecular weight excluding hydrogens is 388 g/mol. The Hall–Kier alpha value is -2.86. The number of hydrogen-bond acceptors (Lipinski definition) is 3. The van der Waals surface area contributed by atoms with Gasteiger partial charge in [-0.05, 0) is 62.6 Å². The number of anilines is 1. The lowest BCUT2D eigenvalue weighted by molar-refractivity contribution is -0.121. The number of amides is 2. The second kappa shape index (κ2) is 7.87. The van der Waals surface area contributed by atoms with Crippen LogP contribution in [0.4, 0.5) is 5.82 Å². The van der Waals surface area contributed by atoms with Gasteiger partial charge in [0.15, 0.2) is 0 Å². The lowest BCUT2D eigenvalue weighted by atomic mass is 9.95. The van der Waals surface area contributed by atoms with Gasteiger partial charge in [-0.25, -0.2) is 4.98 Å². The molecule has 0 bridgehead atoms. The van der Waals surface area contributed by atoms with Crippen LogP contribution < -0.4 is 5.32 Å². The van der Waals surface area contributed by atoms with Gasteiger partial charge < -0.3 is 15.2 Å². The van der Waals surface area contributed by atoms with Gasteiger partial charge in [0, 0.05) is 47.4 Å². The van der Waals surface area contributed by atoms with Crippen molar-refractivity contribution in [2.45, 2.75) is 26.7 Å². The predicted molar refractivity (Wildman–Crippen MR) is 114 cm³/mol. The number of pyridine rings is 1. The van der Waals surface area contributed by atoms with Gasteiger partial charge in [0.05, 0.1) is 5.02 Å². The molecule has 6 nitrogen and oxygen atoms in total. The monoisotopic (exact) mass is 410 g/mol. The number of piperidine rings is 1. The van der Waals surface area contributed by atoms with Crippen LogP contribution in [0, 0.1) is 19.8 Å². The first-order chi connectivity index (χ1) is 13.9. The molecule has 0 atom stereocenters. The van der Waals surface area contributed by atoms with Crippen LogP contribution in [0.25, 0.3) is 10.9 Å². The van der Waals surface area contributed by atoms with Crippen LogP contribution in [0.2, 0.25) is 5.02 Å². The molecule has 1 aliphatic rings. The van der Waals surface area contributed by atoms with E-state index in [0.717, 1.165) is 16.6 Å². The minimum Gasteiger partial charge on any atom is -0.358 e. The Labute approximate surface area is 174 Å². The molecule has 0 unspecified atom stereocenters. The van der Waals surface area contributed by atoms with Gasteiger partial charge >= 0.3 is 0 Å². The van der Waals surface area contributed by atoms with E-state index in [1.807, 2.05) is 30.0 Å². The number of nitrogens with zero attached hydrogens (tertiary/aromatic N) is 2.